The topological polar surface area (TPSA) is 89.1 Å². The van der Waals surface area contributed by atoms with Crippen molar-refractivity contribution in [3.05, 3.63) is 42.5 Å². The molecule has 0 aliphatic carbocycles. The summed E-state index contributed by atoms with van der Waals surface area (Å²) in [5.74, 6) is 1.05. The number of hydrogen-bond acceptors (Lipinski definition) is 6. The smallest absolute Gasteiger partial charge is 0.243 e. The Morgan fingerprint density at radius 3 is 2.43 bits per heavy atom. The predicted molar refractivity (Wildman–Crippen MR) is 120 cm³/mol. The van der Waals surface area contributed by atoms with Crippen molar-refractivity contribution in [2.45, 2.75) is 11.8 Å². The zero-order valence-electron chi connectivity index (χ0n) is 16.9. The summed E-state index contributed by atoms with van der Waals surface area (Å²) in [6, 6.07) is 12.1. The summed E-state index contributed by atoms with van der Waals surface area (Å²) >= 11 is 5.40. The summed E-state index contributed by atoms with van der Waals surface area (Å²) in [6.07, 6.45) is 0. The van der Waals surface area contributed by atoms with Gasteiger partial charge in [0.05, 0.1) is 43.2 Å². The molecular formula is C20H25N3O5S2. The summed E-state index contributed by atoms with van der Waals surface area (Å²) in [6.45, 7) is 3.88. The number of morpholine rings is 1. The molecule has 0 saturated carbocycles. The summed E-state index contributed by atoms with van der Waals surface area (Å²) in [5, 5.41) is 6.46. The predicted octanol–water partition coefficient (Wildman–Crippen LogP) is 2.92. The van der Waals surface area contributed by atoms with E-state index in [0.29, 0.717) is 55.2 Å². The molecular weight excluding hydrogens is 426 g/mol. The van der Waals surface area contributed by atoms with Gasteiger partial charge in [-0.25, -0.2) is 8.42 Å². The highest BCUT2D eigenvalue weighted by molar-refractivity contribution is 7.89. The Morgan fingerprint density at radius 2 is 1.77 bits per heavy atom. The number of anilines is 2. The molecule has 10 heteroatoms. The lowest BCUT2D eigenvalue weighted by Crippen LogP contribution is -2.40. The van der Waals surface area contributed by atoms with Crippen LogP contribution < -0.4 is 20.1 Å². The first-order chi connectivity index (χ1) is 14.5. The van der Waals surface area contributed by atoms with Crippen LogP contribution in [0.3, 0.4) is 0 Å². The molecule has 0 aromatic heterocycles. The monoisotopic (exact) mass is 451 g/mol. The SMILES string of the molecule is CCOc1ccccc1NC(=S)Nc1ccc(S(=O)(=O)N2CCOCC2)cc1OC. The number of nitrogens with zero attached hydrogens (tertiary/aromatic N) is 1. The van der Waals surface area contributed by atoms with Crippen molar-refractivity contribution < 1.29 is 22.6 Å². The summed E-state index contributed by atoms with van der Waals surface area (Å²) in [5.41, 5.74) is 1.27. The Kier molecular flexibility index (Phi) is 7.48. The van der Waals surface area contributed by atoms with Crippen LogP contribution in [-0.4, -0.2) is 57.9 Å². The normalized spacial score (nSPS) is 14.7. The maximum atomic E-state index is 12.9. The fourth-order valence-corrected chi connectivity index (χ4v) is 4.64. The molecule has 0 bridgehead atoms. The number of nitrogens with one attached hydrogen (secondary N) is 2. The first-order valence-corrected chi connectivity index (χ1v) is 11.4. The maximum Gasteiger partial charge on any atom is 0.243 e. The van der Waals surface area contributed by atoms with E-state index in [9.17, 15) is 8.42 Å². The number of hydrogen-bond donors (Lipinski definition) is 2. The number of methoxy groups -OCH3 is 1. The third kappa shape index (κ3) is 5.20. The fourth-order valence-electron chi connectivity index (χ4n) is 3.00. The Labute approximate surface area is 182 Å². The van der Waals surface area contributed by atoms with Gasteiger partial charge in [0, 0.05) is 19.2 Å². The van der Waals surface area contributed by atoms with E-state index < -0.39 is 10.0 Å². The average molecular weight is 452 g/mol. The van der Waals surface area contributed by atoms with E-state index in [1.807, 2.05) is 31.2 Å². The fraction of sp³-hybridized carbons (Fsp3) is 0.350. The largest absolute Gasteiger partial charge is 0.495 e. The quantitative estimate of drug-likeness (QED) is 0.621. The van der Waals surface area contributed by atoms with Crippen molar-refractivity contribution in [2.24, 2.45) is 0 Å². The highest BCUT2D eigenvalue weighted by Gasteiger charge is 2.27. The van der Waals surface area contributed by atoms with Gasteiger partial charge in [-0.05, 0) is 43.4 Å². The zero-order chi connectivity index (χ0) is 21.6. The van der Waals surface area contributed by atoms with Crippen LogP contribution in [0.15, 0.2) is 47.4 Å². The van der Waals surface area contributed by atoms with Crippen molar-refractivity contribution in [2.75, 3.05) is 50.7 Å². The molecule has 30 heavy (non-hydrogen) atoms. The molecule has 0 unspecified atom stereocenters. The van der Waals surface area contributed by atoms with Gasteiger partial charge in [-0.3, -0.25) is 0 Å². The maximum absolute atomic E-state index is 12.9. The lowest BCUT2D eigenvalue weighted by Gasteiger charge is -2.26. The van der Waals surface area contributed by atoms with E-state index in [2.05, 4.69) is 10.6 Å². The molecule has 0 amide bonds. The minimum Gasteiger partial charge on any atom is -0.495 e. The second-order valence-electron chi connectivity index (χ2n) is 6.39. The van der Waals surface area contributed by atoms with Crippen LogP contribution in [0.1, 0.15) is 6.92 Å². The van der Waals surface area contributed by atoms with Crippen LogP contribution in [0, 0.1) is 0 Å². The highest BCUT2D eigenvalue weighted by atomic mass is 32.2. The molecule has 8 nitrogen and oxygen atoms in total. The van der Waals surface area contributed by atoms with Crippen molar-refractivity contribution in [3.63, 3.8) is 0 Å². The second kappa shape index (κ2) is 10.1. The van der Waals surface area contributed by atoms with Gasteiger partial charge in [-0.1, -0.05) is 12.1 Å². The molecule has 1 fully saturated rings. The van der Waals surface area contributed by atoms with Crippen LogP contribution in [0.5, 0.6) is 11.5 Å². The second-order valence-corrected chi connectivity index (χ2v) is 8.73. The Morgan fingerprint density at radius 1 is 1.10 bits per heavy atom. The third-order valence-corrected chi connectivity index (χ3v) is 6.56. The van der Waals surface area contributed by atoms with Gasteiger partial charge in [0.15, 0.2) is 5.11 Å². The molecule has 0 radical (unpaired) electrons. The lowest BCUT2D eigenvalue weighted by molar-refractivity contribution is 0.0730. The van der Waals surface area contributed by atoms with Crippen LogP contribution in [-0.2, 0) is 14.8 Å². The number of sulfonamides is 1. The van der Waals surface area contributed by atoms with Crippen LogP contribution in [0.2, 0.25) is 0 Å². The third-order valence-electron chi connectivity index (χ3n) is 4.46. The minimum absolute atomic E-state index is 0.160. The van der Waals surface area contributed by atoms with E-state index >= 15 is 0 Å². The summed E-state index contributed by atoms with van der Waals surface area (Å²) in [4.78, 5) is 0.160. The molecule has 1 saturated heterocycles. The number of thiocarbonyl (C=S) groups is 1. The average Bonchev–Trinajstić information content (AvgIpc) is 2.76. The molecule has 2 aromatic carbocycles. The van der Waals surface area contributed by atoms with Crippen molar-refractivity contribution in [3.8, 4) is 11.5 Å². The molecule has 2 aromatic rings. The summed E-state index contributed by atoms with van der Waals surface area (Å²) in [7, 11) is -2.14. The first-order valence-electron chi connectivity index (χ1n) is 9.51. The van der Waals surface area contributed by atoms with Crippen molar-refractivity contribution in [1.29, 1.82) is 0 Å². The number of para-hydroxylation sites is 2. The summed E-state index contributed by atoms with van der Waals surface area (Å²) < 4.78 is 43.4. The van der Waals surface area contributed by atoms with Gasteiger partial charge in [-0.15, -0.1) is 0 Å². The lowest BCUT2D eigenvalue weighted by atomic mass is 10.3. The van der Waals surface area contributed by atoms with Gasteiger partial charge < -0.3 is 24.8 Å². The Bertz CT molecular complexity index is 992. The van der Waals surface area contributed by atoms with Crippen LogP contribution >= 0.6 is 12.2 Å². The molecule has 162 valence electrons. The Balaban J connectivity index is 1.76. The first kappa shape index (κ1) is 22.3. The van der Waals surface area contributed by atoms with Crippen LogP contribution in [0.4, 0.5) is 11.4 Å². The molecule has 0 spiro atoms. The van der Waals surface area contributed by atoms with Gasteiger partial charge >= 0.3 is 0 Å². The number of ether oxygens (including phenoxy) is 3. The molecule has 2 N–H and O–H groups in total. The van der Waals surface area contributed by atoms with E-state index in [1.165, 1.54) is 23.5 Å². The minimum atomic E-state index is -3.62. The van der Waals surface area contributed by atoms with Gasteiger partial charge in [0.25, 0.3) is 0 Å². The van der Waals surface area contributed by atoms with E-state index in [0.717, 1.165) is 5.69 Å². The van der Waals surface area contributed by atoms with E-state index in [4.69, 9.17) is 26.4 Å². The number of benzene rings is 2. The number of rotatable bonds is 7. The van der Waals surface area contributed by atoms with Gasteiger partial charge in [-0.2, -0.15) is 4.31 Å². The van der Waals surface area contributed by atoms with Crippen LogP contribution in [0.25, 0.3) is 0 Å². The molecule has 1 aliphatic rings. The molecule has 3 rings (SSSR count). The standard InChI is InChI=1S/C20H25N3O5S2/c1-3-28-18-7-5-4-6-16(18)21-20(29)22-17-9-8-15(14-19(17)26-2)30(24,25)23-10-12-27-13-11-23/h4-9,14H,3,10-13H2,1-2H3,(H2,21,22,29). The molecule has 0 atom stereocenters. The highest BCUT2D eigenvalue weighted by Crippen LogP contribution is 2.30. The van der Waals surface area contributed by atoms with E-state index in [1.54, 1.807) is 6.07 Å². The van der Waals surface area contributed by atoms with Gasteiger partial charge in [0.1, 0.15) is 11.5 Å². The van der Waals surface area contributed by atoms with E-state index in [-0.39, 0.29) is 4.90 Å². The van der Waals surface area contributed by atoms with Gasteiger partial charge in [0.2, 0.25) is 10.0 Å². The Hall–Kier alpha value is -2.40. The zero-order valence-corrected chi connectivity index (χ0v) is 18.5. The molecule has 1 heterocycles. The van der Waals surface area contributed by atoms with Crippen molar-refractivity contribution >= 4 is 38.7 Å². The van der Waals surface area contributed by atoms with Crippen molar-refractivity contribution in [1.82, 2.24) is 4.31 Å². The molecule has 1 aliphatic heterocycles.